The lowest BCUT2D eigenvalue weighted by Crippen LogP contribution is -2.45. The van der Waals surface area contributed by atoms with Gasteiger partial charge in [-0.05, 0) is 34.3 Å². The van der Waals surface area contributed by atoms with E-state index >= 15 is 0 Å². The highest BCUT2D eigenvalue weighted by Crippen LogP contribution is 2.35. The molecule has 0 amide bonds. The molecule has 0 spiro atoms. The maximum Gasteiger partial charge on any atom is 0.489 e. The number of rotatable bonds is 8. The second-order valence-electron chi connectivity index (χ2n) is 14.6. The fraction of sp³-hybridized carbons (Fsp3) is 0.289. The number of piperazine rings is 2. The molecule has 2 saturated heterocycles. The summed E-state index contributed by atoms with van der Waals surface area (Å²) in [5, 5.41) is 24.6. The number of halogens is 7. The van der Waals surface area contributed by atoms with E-state index in [1.807, 2.05) is 18.2 Å². The minimum atomic E-state index is -4.56. The predicted octanol–water partition coefficient (Wildman–Crippen LogP) is 7.61. The van der Waals surface area contributed by atoms with Gasteiger partial charge >= 0.3 is 19.5 Å². The van der Waals surface area contributed by atoms with Crippen LogP contribution >= 0.6 is 11.6 Å². The van der Waals surface area contributed by atoms with Crippen molar-refractivity contribution in [3.05, 3.63) is 173 Å². The van der Waals surface area contributed by atoms with E-state index in [9.17, 15) is 26.3 Å². The van der Waals surface area contributed by atoms with Gasteiger partial charge in [-0.25, -0.2) is 19.9 Å². The fourth-order valence-corrected chi connectivity index (χ4v) is 7.24. The standard InChI is InChI=1S/C22H21F3N4.C15H17ClN4.C7H6BF3O2.CH4/c23-22(24,25)19-9-5-4-8-18(19)21-27-12-16(13-28-21)14-29-11-10-26-20(15-29)17-6-2-1-3-7-17;16-15-18-8-12(9-19-15)10-20-7-6-17-14(11-20)13-4-2-1-3-5-13;9-7(10,11)5-3-1-2-4-6(5)8(12)13;/h1-9,12-13,20,26H,10-11,14-15H2;1-5,8-9,14,17H,6-7,10-11H2;1-4,12-13H;1H4. The molecule has 4 heterocycles. The van der Waals surface area contributed by atoms with Crippen molar-refractivity contribution in [2.45, 2.75) is 45.0 Å². The smallest absolute Gasteiger partial charge is 0.423 e. The van der Waals surface area contributed by atoms with Crippen LogP contribution in [0.15, 0.2) is 134 Å². The van der Waals surface area contributed by atoms with E-state index in [2.05, 4.69) is 82.8 Å². The number of nitrogens with one attached hydrogen (secondary N) is 2. The van der Waals surface area contributed by atoms with Gasteiger partial charge in [-0.15, -0.1) is 0 Å². The number of hydrogen-bond acceptors (Lipinski definition) is 10. The first kappa shape index (κ1) is 48.8. The Bertz CT molecular complexity index is 2280. The molecule has 0 saturated carbocycles. The van der Waals surface area contributed by atoms with Crippen molar-refractivity contribution < 1.29 is 36.4 Å². The molecular formula is C45H48BClF6N8O2. The minimum absolute atomic E-state index is 0. The van der Waals surface area contributed by atoms with Crippen LogP contribution in [0.1, 0.15) is 52.9 Å². The first-order valence-electron chi connectivity index (χ1n) is 19.7. The quantitative estimate of drug-likeness (QED) is 0.0691. The minimum Gasteiger partial charge on any atom is -0.423 e. The molecule has 2 fully saturated rings. The Morgan fingerprint density at radius 2 is 1.00 bits per heavy atom. The van der Waals surface area contributed by atoms with Gasteiger partial charge in [0.1, 0.15) is 0 Å². The van der Waals surface area contributed by atoms with Crippen LogP contribution in [-0.2, 0) is 25.4 Å². The molecule has 63 heavy (non-hydrogen) atoms. The third-order valence-electron chi connectivity index (χ3n) is 10.1. The zero-order chi connectivity index (χ0) is 44.1. The summed E-state index contributed by atoms with van der Waals surface area (Å²) in [5.74, 6) is 0.0872. The molecule has 2 unspecified atom stereocenters. The molecule has 18 heteroatoms. The summed E-state index contributed by atoms with van der Waals surface area (Å²) in [5.41, 5.74) is 2.28. The summed E-state index contributed by atoms with van der Waals surface area (Å²) in [4.78, 5) is 21.2. The average molecular weight is 893 g/mol. The molecule has 332 valence electrons. The molecule has 2 atom stereocenters. The lowest BCUT2D eigenvalue weighted by atomic mass is 9.77. The number of nitrogens with zero attached hydrogens (tertiary/aromatic N) is 6. The molecule has 2 aromatic heterocycles. The van der Waals surface area contributed by atoms with E-state index < -0.39 is 36.1 Å². The second-order valence-corrected chi connectivity index (χ2v) is 14.9. The van der Waals surface area contributed by atoms with Crippen molar-refractivity contribution in [3.63, 3.8) is 0 Å². The van der Waals surface area contributed by atoms with Crippen molar-refractivity contribution in [1.29, 1.82) is 0 Å². The third-order valence-corrected chi connectivity index (χ3v) is 10.3. The first-order valence-corrected chi connectivity index (χ1v) is 20.1. The monoisotopic (exact) mass is 892 g/mol. The van der Waals surface area contributed by atoms with Crippen LogP contribution in [0.4, 0.5) is 26.3 Å². The SMILES string of the molecule is C.Clc1ncc(CN2CCNC(c3ccccc3)C2)cn1.FC(F)(F)c1ccccc1-c1ncc(CN2CCNC(c3ccccc3)C2)cn1.OB(O)c1ccccc1C(F)(F)F. The van der Waals surface area contributed by atoms with Crippen LogP contribution in [-0.4, -0.2) is 86.2 Å². The number of aromatic nitrogens is 4. The molecule has 8 rings (SSSR count). The number of hydrogen-bond donors (Lipinski definition) is 4. The summed E-state index contributed by atoms with van der Waals surface area (Å²) in [6.07, 6.45) is -2.15. The van der Waals surface area contributed by atoms with Gasteiger partial charge in [0, 0.05) is 106 Å². The molecule has 0 radical (unpaired) electrons. The highest BCUT2D eigenvalue weighted by Gasteiger charge is 2.36. The molecule has 4 aromatic carbocycles. The van der Waals surface area contributed by atoms with Crippen LogP contribution in [0, 0.1) is 0 Å². The van der Waals surface area contributed by atoms with Gasteiger partial charge in [0.05, 0.1) is 11.1 Å². The van der Waals surface area contributed by atoms with Gasteiger partial charge in [-0.2, -0.15) is 26.3 Å². The Morgan fingerprint density at radius 3 is 1.44 bits per heavy atom. The number of alkyl halides is 6. The normalized spacial score (nSPS) is 17.0. The lowest BCUT2D eigenvalue weighted by Gasteiger charge is -2.33. The maximum atomic E-state index is 13.2. The van der Waals surface area contributed by atoms with E-state index in [0.29, 0.717) is 17.9 Å². The molecular weight excluding hydrogens is 845 g/mol. The van der Waals surface area contributed by atoms with E-state index in [1.54, 1.807) is 30.9 Å². The molecule has 10 nitrogen and oxygen atoms in total. The molecule has 6 aromatic rings. The van der Waals surface area contributed by atoms with Crippen molar-refractivity contribution in [2.75, 3.05) is 39.3 Å². The Morgan fingerprint density at radius 1 is 0.587 bits per heavy atom. The summed E-state index contributed by atoms with van der Waals surface area (Å²) in [6, 6.07) is 31.2. The Balaban J connectivity index is 0.000000191. The topological polar surface area (TPSA) is 123 Å². The summed E-state index contributed by atoms with van der Waals surface area (Å²) in [6.45, 7) is 7.16. The number of benzene rings is 4. The molecule has 4 N–H and O–H groups in total. The van der Waals surface area contributed by atoms with Crippen LogP contribution in [0.2, 0.25) is 5.28 Å². The van der Waals surface area contributed by atoms with E-state index in [-0.39, 0.29) is 24.9 Å². The van der Waals surface area contributed by atoms with Crippen molar-refractivity contribution in [2.24, 2.45) is 0 Å². The van der Waals surface area contributed by atoms with Gasteiger partial charge < -0.3 is 20.7 Å². The van der Waals surface area contributed by atoms with E-state index in [4.69, 9.17) is 21.6 Å². The predicted molar refractivity (Wildman–Crippen MR) is 232 cm³/mol. The Hall–Kier alpha value is -5.27. The van der Waals surface area contributed by atoms with Crippen molar-refractivity contribution in [3.8, 4) is 11.4 Å². The fourth-order valence-electron chi connectivity index (χ4n) is 7.14. The molecule has 0 aliphatic carbocycles. The second kappa shape index (κ2) is 22.9. The summed E-state index contributed by atoms with van der Waals surface area (Å²) in [7, 11) is -2.10. The lowest BCUT2D eigenvalue weighted by molar-refractivity contribution is -0.137. The summed E-state index contributed by atoms with van der Waals surface area (Å²) < 4.78 is 76.3. The zero-order valence-corrected chi connectivity index (χ0v) is 34.1. The zero-order valence-electron chi connectivity index (χ0n) is 33.3. The van der Waals surface area contributed by atoms with Gasteiger partial charge in [0.15, 0.2) is 5.82 Å². The highest BCUT2D eigenvalue weighted by molar-refractivity contribution is 6.59. The molecule has 0 bridgehead atoms. The van der Waals surface area contributed by atoms with Gasteiger partial charge in [0.2, 0.25) is 5.28 Å². The van der Waals surface area contributed by atoms with Crippen molar-refractivity contribution >= 4 is 24.2 Å². The summed E-state index contributed by atoms with van der Waals surface area (Å²) >= 11 is 5.71. The van der Waals surface area contributed by atoms with E-state index in [0.717, 1.165) is 75.1 Å². The van der Waals surface area contributed by atoms with Crippen LogP contribution in [0.5, 0.6) is 0 Å². The third kappa shape index (κ3) is 14.4. The Kier molecular flexibility index (Phi) is 17.7. The average Bonchev–Trinajstić information content (AvgIpc) is 3.28. The van der Waals surface area contributed by atoms with Crippen LogP contribution < -0.4 is 16.1 Å². The van der Waals surface area contributed by atoms with Gasteiger partial charge in [-0.1, -0.05) is 111 Å². The van der Waals surface area contributed by atoms with Gasteiger partial charge in [0.25, 0.3) is 0 Å². The highest BCUT2D eigenvalue weighted by atomic mass is 35.5. The van der Waals surface area contributed by atoms with Gasteiger partial charge in [-0.3, -0.25) is 9.80 Å². The van der Waals surface area contributed by atoms with Crippen LogP contribution in [0.25, 0.3) is 11.4 Å². The molecule has 2 aliphatic rings. The van der Waals surface area contributed by atoms with Crippen LogP contribution in [0.3, 0.4) is 0 Å². The Labute approximate surface area is 368 Å². The first-order chi connectivity index (χ1) is 29.7. The largest absolute Gasteiger partial charge is 0.489 e. The van der Waals surface area contributed by atoms with E-state index in [1.165, 1.54) is 35.4 Å². The van der Waals surface area contributed by atoms with Crippen molar-refractivity contribution in [1.82, 2.24) is 40.4 Å². The maximum absolute atomic E-state index is 13.2. The molecule has 2 aliphatic heterocycles.